The Kier molecular flexibility index (Phi) is 9.69. The van der Waals surface area contributed by atoms with Crippen LogP contribution in [0.5, 0.6) is 0 Å². The number of hydrogen-bond acceptors (Lipinski definition) is 4. The topological polar surface area (TPSA) is 54.0 Å². The van der Waals surface area contributed by atoms with Crippen molar-refractivity contribution in [2.75, 3.05) is 13.1 Å². The first kappa shape index (κ1) is 22.9. The third kappa shape index (κ3) is 7.19. The first-order valence-corrected chi connectivity index (χ1v) is 11.1. The Morgan fingerprint density at radius 1 is 1.14 bits per heavy atom. The maximum atomic E-state index is 6.22. The maximum Gasteiger partial charge on any atom is 0.149 e. The van der Waals surface area contributed by atoms with Gasteiger partial charge in [-0.15, -0.1) is 0 Å². The van der Waals surface area contributed by atoms with Crippen molar-refractivity contribution >= 4 is 11.7 Å². The molecule has 2 N–H and O–H groups in total. The standard InChI is InChI=1S/C25H38N4/c1-5-8-10-14-21(13-7-3)18-29-19-22-15-11-12-16-23(22)28-25(26)20(4)27-24(29)17-9-6-2/h7,13,15-16H,3-6,8-12,14,17-19H2,1-2H3,(H2,26,28)/b21-13+,27-24-. The summed E-state index contributed by atoms with van der Waals surface area (Å²) in [5.41, 5.74) is 10.4. The highest BCUT2D eigenvalue weighted by atomic mass is 15.2. The molecule has 0 amide bonds. The molecule has 0 fully saturated rings. The molecular formula is C25H38N4. The van der Waals surface area contributed by atoms with E-state index in [1.807, 2.05) is 6.08 Å². The van der Waals surface area contributed by atoms with Gasteiger partial charge in [-0.25, -0.2) is 9.98 Å². The summed E-state index contributed by atoms with van der Waals surface area (Å²) < 4.78 is 0. The zero-order valence-electron chi connectivity index (χ0n) is 18.4. The van der Waals surface area contributed by atoms with Crippen LogP contribution >= 0.6 is 0 Å². The van der Waals surface area contributed by atoms with Gasteiger partial charge in [-0.1, -0.05) is 76.1 Å². The summed E-state index contributed by atoms with van der Waals surface area (Å²) in [4.78, 5) is 11.9. The van der Waals surface area contributed by atoms with Crippen LogP contribution in [0, 0.1) is 0 Å². The smallest absolute Gasteiger partial charge is 0.149 e. The van der Waals surface area contributed by atoms with Crippen molar-refractivity contribution in [3.8, 4) is 0 Å². The van der Waals surface area contributed by atoms with Crippen molar-refractivity contribution < 1.29 is 0 Å². The Balaban J connectivity index is 2.36. The summed E-state index contributed by atoms with van der Waals surface area (Å²) in [6.45, 7) is 14.1. The second-order valence-electron chi connectivity index (χ2n) is 7.85. The lowest BCUT2D eigenvalue weighted by molar-refractivity contribution is 0.465. The highest BCUT2D eigenvalue weighted by molar-refractivity contribution is 6.00. The van der Waals surface area contributed by atoms with Gasteiger partial charge in [0.1, 0.15) is 11.7 Å². The minimum atomic E-state index is 0.421. The van der Waals surface area contributed by atoms with Gasteiger partial charge in [0.25, 0.3) is 0 Å². The van der Waals surface area contributed by atoms with E-state index in [4.69, 9.17) is 10.7 Å². The van der Waals surface area contributed by atoms with Gasteiger partial charge in [-0.2, -0.15) is 0 Å². The minimum Gasteiger partial charge on any atom is -0.382 e. The Morgan fingerprint density at radius 2 is 1.90 bits per heavy atom. The zero-order chi connectivity index (χ0) is 21.1. The quantitative estimate of drug-likeness (QED) is 0.362. The van der Waals surface area contributed by atoms with Crippen molar-refractivity contribution in [1.29, 1.82) is 0 Å². The van der Waals surface area contributed by atoms with Crippen LogP contribution in [0.25, 0.3) is 0 Å². The summed E-state index contributed by atoms with van der Waals surface area (Å²) in [5.74, 6) is 1.48. The fourth-order valence-corrected chi connectivity index (χ4v) is 3.68. The number of nitrogens with two attached hydrogens (primary N) is 1. The molecule has 0 bridgehead atoms. The fourth-order valence-electron chi connectivity index (χ4n) is 3.68. The summed E-state index contributed by atoms with van der Waals surface area (Å²) in [7, 11) is 0. The highest BCUT2D eigenvalue weighted by Gasteiger charge is 2.21. The first-order chi connectivity index (χ1) is 14.1. The molecule has 2 rings (SSSR count). The number of fused-ring (bicyclic) bond motifs is 1. The molecule has 0 unspecified atom stereocenters. The number of allylic oxidation sites excluding steroid dienone is 4. The lowest BCUT2D eigenvalue weighted by atomic mass is 10.0. The lowest BCUT2D eigenvalue weighted by Crippen LogP contribution is -2.35. The molecule has 0 saturated carbocycles. The van der Waals surface area contributed by atoms with E-state index < -0.39 is 0 Å². The largest absolute Gasteiger partial charge is 0.382 e. The summed E-state index contributed by atoms with van der Waals surface area (Å²) in [6.07, 6.45) is 18.6. The van der Waals surface area contributed by atoms with Crippen LogP contribution in [0.4, 0.5) is 0 Å². The van der Waals surface area contributed by atoms with E-state index >= 15 is 0 Å². The normalized spacial score (nSPS) is 21.5. The molecule has 0 saturated heterocycles. The number of amidine groups is 2. The predicted octanol–water partition coefficient (Wildman–Crippen LogP) is 6.06. The van der Waals surface area contributed by atoms with E-state index in [-0.39, 0.29) is 0 Å². The van der Waals surface area contributed by atoms with E-state index in [0.29, 0.717) is 11.5 Å². The summed E-state index contributed by atoms with van der Waals surface area (Å²) >= 11 is 0. The van der Waals surface area contributed by atoms with Crippen molar-refractivity contribution in [3.05, 3.63) is 60.0 Å². The Hall–Kier alpha value is -2.36. The van der Waals surface area contributed by atoms with Gasteiger partial charge in [0.05, 0.1) is 11.4 Å². The van der Waals surface area contributed by atoms with Gasteiger partial charge in [-0.05, 0) is 37.7 Å². The molecule has 158 valence electrons. The van der Waals surface area contributed by atoms with Crippen LogP contribution in [0.2, 0.25) is 0 Å². The lowest BCUT2D eigenvalue weighted by Gasteiger charge is -2.29. The molecule has 0 atom stereocenters. The zero-order valence-corrected chi connectivity index (χ0v) is 18.4. The molecular weight excluding hydrogens is 356 g/mol. The molecule has 0 aromatic carbocycles. The third-order valence-corrected chi connectivity index (χ3v) is 5.35. The van der Waals surface area contributed by atoms with Gasteiger partial charge in [0.2, 0.25) is 0 Å². The number of unbranched alkanes of at least 4 members (excludes halogenated alkanes) is 3. The molecule has 4 nitrogen and oxygen atoms in total. The summed E-state index contributed by atoms with van der Waals surface area (Å²) in [6, 6.07) is 0. The second-order valence-corrected chi connectivity index (χ2v) is 7.85. The molecule has 0 aromatic heterocycles. The molecule has 2 aliphatic rings. The second kappa shape index (κ2) is 12.3. The van der Waals surface area contributed by atoms with Crippen molar-refractivity contribution in [2.45, 2.75) is 71.6 Å². The van der Waals surface area contributed by atoms with Crippen LogP contribution in [0.1, 0.15) is 71.6 Å². The Morgan fingerprint density at radius 3 is 2.62 bits per heavy atom. The average molecular weight is 395 g/mol. The molecule has 4 heteroatoms. The van der Waals surface area contributed by atoms with E-state index in [2.05, 4.69) is 55.1 Å². The van der Waals surface area contributed by atoms with Crippen molar-refractivity contribution in [3.63, 3.8) is 0 Å². The van der Waals surface area contributed by atoms with E-state index in [1.54, 1.807) is 0 Å². The number of hydrogen-bond donors (Lipinski definition) is 1. The number of nitrogens with zero attached hydrogens (tertiary/aromatic N) is 3. The fraction of sp³-hybridized carbons (Fsp3) is 0.520. The number of aliphatic imine (C=N–C) groups is 2. The molecule has 1 heterocycles. The SMILES string of the molecule is C=C/C=C(\CCCCC)CN1CC2=CCCC=C2/N=C(/N)C(=C)/N=C\1CCCC. The third-order valence-electron chi connectivity index (χ3n) is 5.35. The molecule has 1 aliphatic heterocycles. The molecule has 0 aromatic rings. The molecule has 0 spiro atoms. The van der Waals surface area contributed by atoms with Gasteiger partial charge in [0.15, 0.2) is 0 Å². The van der Waals surface area contributed by atoms with Gasteiger partial charge in [-0.3, -0.25) is 0 Å². The maximum absolute atomic E-state index is 6.22. The molecule has 29 heavy (non-hydrogen) atoms. The molecule has 0 radical (unpaired) electrons. The average Bonchev–Trinajstić information content (AvgIpc) is 2.75. The van der Waals surface area contributed by atoms with E-state index in [0.717, 1.165) is 63.1 Å². The minimum absolute atomic E-state index is 0.421. The van der Waals surface area contributed by atoms with Gasteiger partial charge < -0.3 is 10.6 Å². The van der Waals surface area contributed by atoms with E-state index in [1.165, 1.54) is 30.4 Å². The Labute approximate surface area is 177 Å². The van der Waals surface area contributed by atoms with Crippen LogP contribution in [-0.4, -0.2) is 29.7 Å². The van der Waals surface area contributed by atoms with Crippen molar-refractivity contribution in [2.24, 2.45) is 15.7 Å². The predicted molar refractivity (Wildman–Crippen MR) is 127 cm³/mol. The van der Waals surface area contributed by atoms with Crippen LogP contribution in [0.15, 0.2) is 70.0 Å². The van der Waals surface area contributed by atoms with E-state index in [9.17, 15) is 0 Å². The van der Waals surface area contributed by atoms with Gasteiger partial charge >= 0.3 is 0 Å². The van der Waals surface area contributed by atoms with Gasteiger partial charge in [0, 0.05) is 19.5 Å². The summed E-state index contributed by atoms with van der Waals surface area (Å²) in [5, 5.41) is 0. The monoisotopic (exact) mass is 394 g/mol. The van der Waals surface area contributed by atoms with Crippen LogP contribution in [-0.2, 0) is 0 Å². The van der Waals surface area contributed by atoms with Crippen molar-refractivity contribution in [1.82, 2.24) is 4.90 Å². The van der Waals surface area contributed by atoms with Crippen LogP contribution in [0.3, 0.4) is 0 Å². The number of rotatable bonds is 10. The highest BCUT2D eigenvalue weighted by Crippen LogP contribution is 2.25. The van der Waals surface area contributed by atoms with Crippen LogP contribution < -0.4 is 5.73 Å². The molecule has 1 aliphatic carbocycles. The first-order valence-electron chi connectivity index (χ1n) is 11.1. The Bertz CT molecular complexity index is 734.